The van der Waals surface area contributed by atoms with Crippen LogP contribution in [0.1, 0.15) is 18.4 Å². The first-order chi connectivity index (χ1) is 8.65. The lowest BCUT2D eigenvalue weighted by atomic mass is 9.97. The van der Waals surface area contributed by atoms with Gasteiger partial charge in [0.15, 0.2) is 0 Å². The highest BCUT2D eigenvalue weighted by molar-refractivity contribution is 9.10. The van der Waals surface area contributed by atoms with Crippen LogP contribution < -0.4 is 5.32 Å². The van der Waals surface area contributed by atoms with Crippen molar-refractivity contribution in [2.45, 2.75) is 19.4 Å². The van der Waals surface area contributed by atoms with Gasteiger partial charge < -0.3 is 10.2 Å². The number of hydrogen-bond donors (Lipinski definition) is 1. The molecule has 1 N–H and O–H groups in total. The number of piperidine rings is 1. The highest BCUT2D eigenvalue weighted by Crippen LogP contribution is 2.17. The Balaban J connectivity index is 1.75. The maximum Gasteiger partial charge on any atom is 0.128 e. The number of nitrogens with one attached hydrogen (secondary N) is 1. The molecule has 1 aliphatic rings. The molecule has 18 heavy (non-hydrogen) atoms. The number of benzene rings is 1. The van der Waals surface area contributed by atoms with E-state index in [-0.39, 0.29) is 5.82 Å². The fraction of sp³-hybridized carbons (Fsp3) is 0.571. The standard InChI is InChI=1S/C14H20BrFN2/c1-18-6-4-11(5-7-18)9-17-10-12-2-3-13(15)8-14(12)16/h2-3,8,11,17H,4-7,9-10H2,1H3. The van der Waals surface area contributed by atoms with Gasteiger partial charge in [0.05, 0.1) is 0 Å². The SMILES string of the molecule is CN1CCC(CNCc2ccc(Br)cc2F)CC1. The summed E-state index contributed by atoms with van der Waals surface area (Å²) in [6.45, 7) is 3.97. The van der Waals surface area contributed by atoms with Crippen molar-refractivity contribution in [2.24, 2.45) is 5.92 Å². The van der Waals surface area contributed by atoms with Gasteiger partial charge in [-0.15, -0.1) is 0 Å². The van der Waals surface area contributed by atoms with Gasteiger partial charge in [-0.3, -0.25) is 0 Å². The molecule has 1 saturated heterocycles. The van der Waals surface area contributed by atoms with Gasteiger partial charge in [0, 0.05) is 16.6 Å². The molecular formula is C14H20BrFN2. The van der Waals surface area contributed by atoms with E-state index in [9.17, 15) is 4.39 Å². The Morgan fingerprint density at radius 2 is 2.11 bits per heavy atom. The number of nitrogens with zero attached hydrogens (tertiary/aromatic N) is 1. The van der Waals surface area contributed by atoms with Gasteiger partial charge in [-0.05, 0) is 57.6 Å². The lowest BCUT2D eigenvalue weighted by molar-refractivity contribution is 0.216. The normalized spacial score (nSPS) is 18.2. The fourth-order valence-corrected chi connectivity index (χ4v) is 2.68. The van der Waals surface area contributed by atoms with Crippen LogP contribution in [0.25, 0.3) is 0 Å². The summed E-state index contributed by atoms with van der Waals surface area (Å²) in [7, 11) is 2.17. The van der Waals surface area contributed by atoms with Gasteiger partial charge in [0.2, 0.25) is 0 Å². The summed E-state index contributed by atoms with van der Waals surface area (Å²) in [5.41, 5.74) is 0.742. The van der Waals surface area contributed by atoms with E-state index in [1.807, 2.05) is 12.1 Å². The summed E-state index contributed by atoms with van der Waals surface area (Å²) in [6, 6.07) is 5.24. The lowest BCUT2D eigenvalue weighted by Gasteiger charge is -2.29. The Labute approximate surface area is 117 Å². The number of hydrogen-bond acceptors (Lipinski definition) is 2. The Morgan fingerprint density at radius 1 is 1.39 bits per heavy atom. The minimum atomic E-state index is -0.139. The van der Waals surface area contributed by atoms with Crippen LogP contribution in [-0.4, -0.2) is 31.6 Å². The molecule has 1 aliphatic heterocycles. The van der Waals surface area contributed by atoms with Crippen molar-refractivity contribution in [3.8, 4) is 0 Å². The molecule has 1 fully saturated rings. The first kappa shape index (κ1) is 14.0. The molecule has 100 valence electrons. The molecule has 1 heterocycles. The van der Waals surface area contributed by atoms with Crippen LogP contribution in [0.2, 0.25) is 0 Å². The maximum absolute atomic E-state index is 13.6. The first-order valence-corrected chi connectivity index (χ1v) is 7.27. The van der Waals surface area contributed by atoms with E-state index in [1.165, 1.54) is 32.0 Å². The summed E-state index contributed by atoms with van der Waals surface area (Å²) >= 11 is 3.27. The molecule has 0 bridgehead atoms. The zero-order valence-corrected chi connectivity index (χ0v) is 12.3. The van der Waals surface area contributed by atoms with E-state index < -0.39 is 0 Å². The Bertz CT molecular complexity index is 389. The molecule has 0 spiro atoms. The van der Waals surface area contributed by atoms with Crippen LogP contribution in [0.3, 0.4) is 0 Å². The largest absolute Gasteiger partial charge is 0.312 e. The van der Waals surface area contributed by atoms with E-state index in [2.05, 4.69) is 33.2 Å². The summed E-state index contributed by atoms with van der Waals surface area (Å²) < 4.78 is 14.4. The minimum Gasteiger partial charge on any atom is -0.312 e. The fourth-order valence-electron chi connectivity index (χ4n) is 2.34. The third-order valence-corrected chi connectivity index (χ3v) is 4.09. The third kappa shape index (κ3) is 4.04. The van der Waals surface area contributed by atoms with Crippen LogP contribution in [0.5, 0.6) is 0 Å². The second kappa shape index (κ2) is 6.64. The molecule has 0 aromatic heterocycles. The highest BCUT2D eigenvalue weighted by atomic mass is 79.9. The van der Waals surface area contributed by atoms with Gasteiger partial charge in [-0.25, -0.2) is 4.39 Å². The molecular weight excluding hydrogens is 295 g/mol. The Kier molecular flexibility index (Phi) is 5.15. The summed E-state index contributed by atoms with van der Waals surface area (Å²) in [6.07, 6.45) is 2.48. The van der Waals surface area contributed by atoms with Crippen molar-refractivity contribution in [3.63, 3.8) is 0 Å². The van der Waals surface area contributed by atoms with E-state index in [0.29, 0.717) is 6.54 Å². The molecule has 4 heteroatoms. The van der Waals surface area contributed by atoms with E-state index >= 15 is 0 Å². The van der Waals surface area contributed by atoms with Crippen molar-refractivity contribution >= 4 is 15.9 Å². The number of halogens is 2. The van der Waals surface area contributed by atoms with Gasteiger partial charge >= 0.3 is 0 Å². The van der Waals surface area contributed by atoms with Crippen molar-refractivity contribution in [2.75, 3.05) is 26.7 Å². The summed E-state index contributed by atoms with van der Waals surface area (Å²) in [4.78, 5) is 2.37. The van der Waals surface area contributed by atoms with Crippen LogP contribution in [0, 0.1) is 11.7 Å². The second-order valence-electron chi connectivity index (χ2n) is 5.11. The predicted octanol–water partition coefficient (Wildman–Crippen LogP) is 3.02. The average molecular weight is 315 g/mol. The number of likely N-dealkylation sites (tertiary alicyclic amines) is 1. The summed E-state index contributed by atoms with van der Waals surface area (Å²) in [5, 5.41) is 3.37. The topological polar surface area (TPSA) is 15.3 Å². The quantitative estimate of drug-likeness (QED) is 0.919. The summed E-state index contributed by atoms with van der Waals surface area (Å²) in [5.74, 6) is 0.597. The Hall–Kier alpha value is -0.450. The van der Waals surface area contributed by atoms with Gasteiger partial charge in [-0.2, -0.15) is 0 Å². The molecule has 0 unspecified atom stereocenters. The van der Waals surface area contributed by atoms with Crippen LogP contribution in [0.15, 0.2) is 22.7 Å². The molecule has 0 amide bonds. The molecule has 0 aliphatic carbocycles. The Morgan fingerprint density at radius 3 is 2.78 bits per heavy atom. The molecule has 1 aromatic carbocycles. The van der Waals surface area contributed by atoms with E-state index in [1.54, 1.807) is 0 Å². The lowest BCUT2D eigenvalue weighted by Crippen LogP contribution is -2.34. The molecule has 0 radical (unpaired) electrons. The predicted molar refractivity (Wildman–Crippen MR) is 76.0 cm³/mol. The molecule has 2 rings (SSSR count). The van der Waals surface area contributed by atoms with Crippen molar-refractivity contribution in [1.82, 2.24) is 10.2 Å². The third-order valence-electron chi connectivity index (χ3n) is 3.60. The number of rotatable bonds is 4. The van der Waals surface area contributed by atoms with Crippen molar-refractivity contribution in [1.29, 1.82) is 0 Å². The van der Waals surface area contributed by atoms with Crippen molar-refractivity contribution in [3.05, 3.63) is 34.1 Å². The van der Waals surface area contributed by atoms with Crippen molar-refractivity contribution < 1.29 is 4.39 Å². The first-order valence-electron chi connectivity index (χ1n) is 6.48. The monoisotopic (exact) mass is 314 g/mol. The second-order valence-corrected chi connectivity index (χ2v) is 6.03. The van der Waals surface area contributed by atoms with Crippen LogP contribution in [-0.2, 0) is 6.54 Å². The van der Waals surface area contributed by atoms with Gasteiger partial charge in [-0.1, -0.05) is 22.0 Å². The average Bonchev–Trinajstić information content (AvgIpc) is 2.34. The maximum atomic E-state index is 13.6. The van der Waals surface area contributed by atoms with Gasteiger partial charge in [0.25, 0.3) is 0 Å². The molecule has 0 atom stereocenters. The van der Waals surface area contributed by atoms with Gasteiger partial charge in [0.1, 0.15) is 5.82 Å². The zero-order valence-electron chi connectivity index (χ0n) is 10.8. The van der Waals surface area contributed by atoms with E-state index in [4.69, 9.17) is 0 Å². The van der Waals surface area contributed by atoms with E-state index in [0.717, 1.165) is 22.5 Å². The smallest absolute Gasteiger partial charge is 0.128 e. The molecule has 1 aromatic rings. The molecule has 0 saturated carbocycles. The van der Waals surface area contributed by atoms with Crippen LogP contribution >= 0.6 is 15.9 Å². The minimum absolute atomic E-state index is 0.139. The zero-order chi connectivity index (χ0) is 13.0. The van der Waals surface area contributed by atoms with Crippen LogP contribution in [0.4, 0.5) is 4.39 Å². The molecule has 2 nitrogen and oxygen atoms in total. The highest BCUT2D eigenvalue weighted by Gasteiger charge is 2.16.